The van der Waals surface area contributed by atoms with Gasteiger partial charge in [0.2, 0.25) is 5.91 Å². The van der Waals surface area contributed by atoms with E-state index in [2.05, 4.69) is 4.98 Å². The highest BCUT2D eigenvalue weighted by atomic mass is 35.5. The molecular formula is C17H19ClN2O. The number of halogens is 1. The summed E-state index contributed by atoms with van der Waals surface area (Å²) in [5.41, 5.74) is 2.04. The van der Waals surface area contributed by atoms with Crippen LogP contribution in [0.5, 0.6) is 0 Å². The Hall–Kier alpha value is -1.87. The number of carbonyl (C=O) groups excluding carboxylic acids is 1. The molecule has 0 spiro atoms. The predicted molar refractivity (Wildman–Crippen MR) is 85.2 cm³/mol. The van der Waals surface area contributed by atoms with Crippen molar-refractivity contribution in [1.82, 2.24) is 9.88 Å². The Balaban J connectivity index is 2.48. The van der Waals surface area contributed by atoms with E-state index in [0.717, 1.165) is 11.1 Å². The Bertz CT molecular complexity index is 583. The van der Waals surface area contributed by atoms with E-state index >= 15 is 0 Å². The number of rotatable bonds is 5. The monoisotopic (exact) mass is 302 g/mol. The van der Waals surface area contributed by atoms with E-state index in [1.807, 2.05) is 61.3 Å². The number of nitrogens with zero attached hydrogens (tertiary/aromatic N) is 2. The van der Waals surface area contributed by atoms with E-state index in [1.54, 1.807) is 6.20 Å². The molecule has 1 aromatic carbocycles. The smallest absolute Gasteiger partial charge is 0.223 e. The van der Waals surface area contributed by atoms with E-state index in [-0.39, 0.29) is 11.9 Å². The summed E-state index contributed by atoms with van der Waals surface area (Å²) in [7, 11) is 0. The van der Waals surface area contributed by atoms with Gasteiger partial charge < -0.3 is 4.90 Å². The zero-order valence-electron chi connectivity index (χ0n) is 12.3. The van der Waals surface area contributed by atoms with Crippen LogP contribution in [0.2, 0.25) is 5.02 Å². The number of carbonyl (C=O) groups is 1. The Kier molecular flexibility index (Phi) is 5.34. The molecule has 0 aliphatic heterocycles. The predicted octanol–water partition coefficient (Wildman–Crippen LogP) is 4.08. The molecule has 0 aliphatic carbocycles. The van der Waals surface area contributed by atoms with Gasteiger partial charge >= 0.3 is 0 Å². The number of hydrogen-bond acceptors (Lipinski definition) is 2. The van der Waals surface area contributed by atoms with Gasteiger partial charge in [-0.15, -0.1) is 0 Å². The van der Waals surface area contributed by atoms with Crippen LogP contribution in [0.1, 0.15) is 37.4 Å². The summed E-state index contributed by atoms with van der Waals surface area (Å²) in [5, 5.41) is 0.688. The quantitative estimate of drug-likeness (QED) is 0.833. The van der Waals surface area contributed by atoms with Gasteiger partial charge in [-0.1, -0.05) is 36.7 Å². The average molecular weight is 303 g/mol. The van der Waals surface area contributed by atoms with Crippen LogP contribution < -0.4 is 0 Å². The zero-order chi connectivity index (χ0) is 15.2. The highest BCUT2D eigenvalue weighted by Crippen LogP contribution is 2.29. The van der Waals surface area contributed by atoms with Gasteiger partial charge in [-0.05, 0) is 36.2 Å². The minimum atomic E-state index is -0.131. The topological polar surface area (TPSA) is 33.2 Å². The molecule has 0 fully saturated rings. The van der Waals surface area contributed by atoms with Gasteiger partial charge in [0.15, 0.2) is 0 Å². The Morgan fingerprint density at radius 2 is 1.90 bits per heavy atom. The van der Waals surface area contributed by atoms with Crippen LogP contribution in [0.4, 0.5) is 0 Å². The lowest BCUT2D eigenvalue weighted by Crippen LogP contribution is -2.35. The Morgan fingerprint density at radius 1 is 1.19 bits per heavy atom. The van der Waals surface area contributed by atoms with E-state index in [1.165, 1.54) is 0 Å². The first-order chi connectivity index (χ1) is 10.2. The van der Waals surface area contributed by atoms with Crippen LogP contribution in [0.25, 0.3) is 0 Å². The average Bonchev–Trinajstić information content (AvgIpc) is 2.54. The molecule has 0 saturated heterocycles. The molecule has 0 aliphatic rings. The number of benzene rings is 1. The fourth-order valence-electron chi connectivity index (χ4n) is 2.44. The first-order valence-corrected chi connectivity index (χ1v) is 7.50. The molecule has 4 heteroatoms. The Morgan fingerprint density at radius 3 is 2.43 bits per heavy atom. The van der Waals surface area contributed by atoms with Crippen molar-refractivity contribution >= 4 is 17.5 Å². The first kappa shape index (κ1) is 15.5. The zero-order valence-corrected chi connectivity index (χ0v) is 13.0. The first-order valence-electron chi connectivity index (χ1n) is 7.12. The second-order valence-corrected chi connectivity index (χ2v) is 5.21. The van der Waals surface area contributed by atoms with Gasteiger partial charge in [0.1, 0.15) is 0 Å². The minimum absolute atomic E-state index is 0.126. The third-order valence-corrected chi connectivity index (χ3v) is 3.71. The molecule has 2 aromatic rings. The standard InChI is InChI=1S/C17H19ClN2O/c1-3-16(21)20(4-2)17(14-6-5-11-19-12-14)13-7-9-15(18)10-8-13/h5-12,17H,3-4H2,1-2H3. The molecule has 0 N–H and O–H groups in total. The number of amides is 1. The largest absolute Gasteiger partial charge is 0.332 e. The maximum Gasteiger partial charge on any atom is 0.223 e. The summed E-state index contributed by atoms with van der Waals surface area (Å²) in [6, 6.07) is 11.4. The highest BCUT2D eigenvalue weighted by molar-refractivity contribution is 6.30. The van der Waals surface area contributed by atoms with Gasteiger partial charge in [-0.25, -0.2) is 0 Å². The van der Waals surface area contributed by atoms with Crippen molar-refractivity contribution in [2.24, 2.45) is 0 Å². The van der Waals surface area contributed by atoms with Crippen LogP contribution in [-0.4, -0.2) is 22.3 Å². The molecule has 3 nitrogen and oxygen atoms in total. The SMILES string of the molecule is CCC(=O)N(CC)C(c1ccc(Cl)cc1)c1cccnc1. The van der Waals surface area contributed by atoms with E-state index < -0.39 is 0 Å². The van der Waals surface area contributed by atoms with Crippen molar-refractivity contribution in [2.75, 3.05) is 6.54 Å². The van der Waals surface area contributed by atoms with Crippen LogP contribution >= 0.6 is 11.6 Å². The summed E-state index contributed by atoms with van der Waals surface area (Å²) < 4.78 is 0. The lowest BCUT2D eigenvalue weighted by Gasteiger charge is -2.31. The second-order valence-electron chi connectivity index (χ2n) is 4.77. The number of aromatic nitrogens is 1. The van der Waals surface area contributed by atoms with Crippen molar-refractivity contribution in [1.29, 1.82) is 0 Å². The number of hydrogen-bond donors (Lipinski definition) is 0. The highest BCUT2D eigenvalue weighted by Gasteiger charge is 2.24. The molecular weight excluding hydrogens is 284 g/mol. The lowest BCUT2D eigenvalue weighted by atomic mass is 9.98. The summed E-state index contributed by atoms with van der Waals surface area (Å²) in [6.07, 6.45) is 4.03. The molecule has 0 bridgehead atoms. The molecule has 1 unspecified atom stereocenters. The lowest BCUT2D eigenvalue weighted by molar-refractivity contribution is -0.132. The van der Waals surface area contributed by atoms with Crippen LogP contribution in [0.15, 0.2) is 48.8 Å². The molecule has 2 rings (SSSR count). The summed E-state index contributed by atoms with van der Waals surface area (Å²) in [6.45, 7) is 4.52. The van der Waals surface area contributed by atoms with E-state index in [4.69, 9.17) is 11.6 Å². The molecule has 1 aromatic heterocycles. The summed E-state index contributed by atoms with van der Waals surface area (Å²) in [5.74, 6) is 0.126. The minimum Gasteiger partial charge on any atom is -0.332 e. The van der Waals surface area contributed by atoms with Crippen molar-refractivity contribution in [3.05, 3.63) is 64.9 Å². The third-order valence-electron chi connectivity index (χ3n) is 3.46. The van der Waals surface area contributed by atoms with Gasteiger partial charge in [-0.3, -0.25) is 9.78 Å². The van der Waals surface area contributed by atoms with E-state index in [0.29, 0.717) is 18.0 Å². The molecule has 1 amide bonds. The molecule has 0 saturated carbocycles. The molecule has 110 valence electrons. The molecule has 1 atom stereocenters. The van der Waals surface area contributed by atoms with E-state index in [9.17, 15) is 4.79 Å². The fraction of sp³-hybridized carbons (Fsp3) is 0.294. The summed E-state index contributed by atoms with van der Waals surface area (Å²) >= 11 is 5.97. The fourth-order valence-corrected chi connectivity index (χ4v) is 2.57. The normalized spacial score (nSPS) is 12.0. The molecule has 21 heavy (non-hydrogen) atoms. The third kappa shape index (κ3) is 3.61. The maximum atomic E-state index is 12.3. The second kappa shape index (κ2) is 7.23. The van der Waals surface area contributed by atoms with Crippen LogP contribution in [0, 0.1) is 0 Å². The van der Waals surface area contributed by atoms with Crippen LogP contribution in [0.3, 0.4) is 0 Å². The van der Waals surface area contributed by atoms with Crippen molar-refractivity contribution in [2.45, 2.75) is 26.3 Å². The van der Waals surface area contributed by atoms with Crippen LogP contribution in [-0.2, 0) is 4.79 Å². The van der Waals surface area contributed by atoms with Crippen molar-refractivity contribution in [3.63, 3.8) is 0 Å². The van der Waals surface area contributed by atoms with Crippen molar-refractivity contribution in [3.8, 4) is 0 Å². The Labute approximate surface area is 130 Å². The molecule has 0 radical (unpaired) electrons. The van der Waals surface area contributed by atoms with Gasteiger partial charge in [-0.2, -0.15) is 0 Å². The van der Waals surface area contributed by atoms with Gasteiger partial charge in [0.25, 0.3) is 0 Å². The molecule has 1 heterocycles. The van der Waals surface area contributed by atoms with Gasteiger partial charge in [0, 0.05) is 30.4 Å². The summed E-state index contributed by atoms with van der Waals surface area (Å²) in [4.78, 5) is 18.3. The van der Waals surface area contributed by atoms with Crippen molar-refractivity contribution < 1.29 is 4.79 Å². The maximum absolute atomic E-state index is 12.3. The van der Waals surface area contributed by atoms with Gasteiger partial charge in [0.05, 0.1) is 6.04 Å². The number of pyridine rings is 1.